The maximum absolute atomic E-state index is 11.7. The Bertz CT molecular complexity index is 521. The monoisotopic (exact) mass is 321 g/mol. The van der Waals surface area contributed by atoms with Gasteiger partial charge in [-0.2, -0.15) is 0 Å². The highest BCUT2D eigenvalue weighted by atomic mass is 16.5. The second-order valence-electron chi connectivity index (χ2n) is 7.00. The van der Waals surface area contributed by atoms with E-state index < -0.39 is 5.97 Å². The van der Waals surface area contributed by atoms with Crippen LogP contribution >= 0.6 is 0 Å². The zero-order chi connectivity index (χ0) is 16.2. The second kappa shape index (κ2) is 7.49. The lowest BCUT2D eigenvalue weighted by molar-refractivity contribution is -0.143. The number of furan rings is 1. The highest BCUT2D eigenvalue weighted by Crippen LogP contribution is 2.38. The number of methoxy groups -OCH3 is 1. The zero-order valence-electron chi connectivity index (χ0n) is 13.9. The van der Waals surface area contributed by atoms with E-state index in [1.54, 1.807) is 7.11 Å². The lowest BCUT2D eigenvalue weighted by atomic mass is 9.75. The van der Waals surface area contributed by atoms with Gasteiger partial charge in [-0.15, -0.1) is 0 Å². The van der Waals surface area contributed by atoms with Crippen LogP contribution in [0.15, 0.2) is 16.5 Å². The Morgan fingerprint density at radius 2 is 2.00 bits per heavy atom. The van der Waals surface area contributed by atoms with Gasteiger partial charge < -0.3 is 14.3 Å². The van der Waals surface area contributed by atoms with Crippen LogP contribution in [0.5, 0.6) is 0 Å². The van der Waals surface area contributed by atoms with E-state index >= 15 is 0 Å². The number of carboxylic acids is 1. The van der Waals surface area contributed by atoms with Gasteiger partial charge in [0.15, 0.2) is 0 Å². The molecule has 0 unspecified atom stereocenters. The summed E-state index contributed by atoms with van der Waals surface area (Å²) < 4.78 is 10.8. The number of carbonyl (C=O) groups is 1. The average molecular weight is 321 g/mol. The van der Waals surface area contributed by atoms with Crippen molar-refractivity contribution < 1.29 is 19.1 Å². The molecule has 0 amide bonds. The summed E-state index contributed by atoms with van der Waals surface area (Å²) in [5.41, 5.74) is 0. The van der Waals surface area contributed by atoms with Crippen LogP contribution in [0.2, 0.25) is 0 Å². The van der Waals surface area contributed by atoms with Crippen molar-refractivity contribution in [2.24, 2.45) is 17.8 Å². The van der Waals surface area contributed by atoms with Crippen LogP contribution in [0, 0.1) is 17.8 Å². The Morgan fingerprint density at radius 1 is 1.26 bits per heavy atom. The lowest BCUT2D eigenvalue weighted by Gasteiger charge is -2.29. The van der Waals surface area contributed by atoms with Crippen LogP contribution in [0.4, 0.5) is 0 Å². The molecule has 3 rings (SSSR count). The molecule has 1 aromatic rings. The molecule has 1 saturated heterocycles. The predicted molar refractivity (Wildman–Crippen MR) is 85.9 cm³/mol. The Balaban J connectivity index is 1.63. The summed E-state index contributed by atoms with van der Waals surface area (Å²) in [5, 5.41) is 9.61. The Morgan fingerprint density at radius 3 is 2.70 bits per heavy atom. The quantitative estimate of drug-likeness (QED) is 0.872. The van der Waals surface area contributed by atoms with Crippen molar-refractivity contribution in [1.82, 2.24) is 4.90 Å². The van der Waals surface area contributed by atoms with Gasteiger partial charge in [0.25, 0.3) is 0 Å². The van der Waals surface area contributed by atoms with Crippen LogP contribution in [0.3, 0.4) is 0 Å². The molecule has 0 aromatic carbocycles. The molecule has 1 aliphatic heterocycles. The number of aliphatic carboxylic acids is 1. The minimum absolute atomic E-state index is 0.230. The fraction of sp³-hybridized carbons (Fsp3) is 0.722. The normalized spacial score (nSPS) is 26.7. The molecule has 1 aromatic heterocycles. The molecule has 2 fully saturated rings. The van der Waals surface area contributed by atoms with Gasteiger partial charge >= 0.3 is 5.97 Å². The van der Waals surface area contributed by atoms with E-state index in [4.69, 9.17) is 9.15 Å². The van der Waals surface area contributed by atoms with Crippen LogP contribution in [0.1, 0.15) is 43.6 Å². The molecule has 1 aliphatic carbocycles. The summed E-state index contributed by atoms with van der Waals surface area (Å²) in [6.45, 7) is 2.68. The van der Waals surface area contributed by atoms with Crippen molar-refractivity contribution in [1.29, 1.82) is 0 Å². The van der Waals surface area contributed by atoms with Crippen molar-refractivity contribution in [3.8, 4) is 0 Å². The van der Waals surface area contributed by atoms with E-state index in [-0.39, 0.29) is 5.92 Å². The van der Waals surface area contributed by atoms with Crippen molar-refractivity contribution in [2.45, 2.75) is 45.3 Å². The number of ether oxygens (including phenoxy) is 1. The fourth-order valence-corrected chi connectivity index (χ4v) is 4.29. The summed E-state index contributed by atoms with van der Waals surface area (Å²) in [6.07, 6.45) is 6.21. The first-order valence-electron chi connectivity index (χ1n) is 8.69. The Hall–Kier alpha value is -1.33. The SMILES string of the molecule is COCc1ccc(CN2C[C@H](C(=O)O)[C@@H](C3CCCCC3)C2)o1. The third-order valence-corrected chi connectivity index (χ3v) is 5.40. The van der Waals surface area contributed by atoms with E-state index in [2.05, 4.69) is 4.90 Å². The van der Waals surface area contributed by atoms with Crippen LogP contribution in [-0.2, 0) is 22.7 Å². The molecule has 1 saturated carbocycles. The van der Waals surface area contributed by atoms with Gasteiger partial charge in [0.2, 0.25) is 0 Å². The minimum atomic E-state index is -0.636. The molecule has 0 bridgehead atoms. The molecule has 5 heteroatoms. The number of likely N-dealkylation sites (tertiary alicyclic amines) is 1. The van der Waals surface area contributed by atoms with Gasteiger partial charge in [0, 0.05) is 20.2 Å². The molecular formula is C18H27NO4. The lowest BCUT2D eigenvalue weighted by Crippen LogP contribution is -2.29. The van der Waals surface area contributed by atoms with Gasteiger partial charge in [-0.3, -0.25) is 9.69 Å². The summed E-state index contributed by atoms with van der Waals surface area (Å²) in [6, 6.07) is 3.90. The van der Waals surface area contributed by atoms with Crippen molar-refractivity contribution in [3.05, 3.63) is 23.7 Å². The average Bonchev–Trinajstić information content (AvgIpc) is 3.16. The third kappa shape index (κ3) is 3.96. The Labute approximate surface area is 137 Å². The summed E-state index contributed by atoms with van der Waals surface area (Å²) in [5.74, 6) is 1.72. The van der Waals surface area contributed by atoms with E-state index in [0.29, 0.717) is 31.5 Å². The van der Waals surface area contributed by atoms with Gasteiger partial charge in [0.05, 0.1) is 12.5 Å². The first-order chi connectivity index (χ1) is 11.2. The zero-order valence-corrected chi connectivity index (χ0v) is 13.9. The molecule has 128 valence electrons. The molecule has 5 nitrogen and oxygen atoms in total. The Kier molecular flexibility index (Phi) is 5.38. The maximum atomic E-state index is 11.7. The van der Waals surface area contributed by atoms with Gasteiger partial charge in [0.1, 0.15) is 18.1 Å². The van der Waals surface area contributed by atoms with Crippen molar-refractivity contribution in [3.63, 3.8) is 0 Å². The molecule has 1 N–H and O–H groups in total. The molecule has 2 aliphatic rings. The van der Waals surface area contributed by atoms with Crippen molar-refractivity contribution in [2.75, 3.05) is 20.2 Å². The highest BCUT2D eigenvalue weighted by molar-refractivity contribution is 5.71. The van der Waals surface area contributed by atoms with Gasteiger partial charge in [-0.25, -0.2) is 0 Å². The second-order valence-corrected chi connectivity index (χ2v) is 7.00. The van der Waals surface area contributed by atoms with Gasteiger partial charge in [-0.1, -0.05) is 32.1 Å². The van der Waals surface area contributed by atoms with Gasteiger partial charge in [-0.05, 0) is 24.0 Å². The molecule has 2 atom stereocenters. The fourth-order valence-electron chi connectivity index (χ4n) is 4.29. The minimum Gasteiger partial charge on any atom is -0.481 e. The summed E-state index contributed by atoms with van der Waals surface area (Å²) in [4.78, 5) is 13.9. The molecular weight excluding hydrogens is 294 g/mol. The first-order valence-corrected chi connectivity index (χ1v) is 8.69. The molecule has 23 heavy (non-hydrogen) atoms. The van der Waals surface area contributed by atoms with Crippen molar-refractivity contribution >= 4 is 5.97 Å². The number of hydrogen-bond acceptors (Lipinski definition) is 4. The predicted octanol–water partition coefficient (Wildman–Crippen LogP) is 3.14. The molecule has 2 heterocycles. The topological polar surface area (TPSA) is 62.9 Å². The highest BCUT2D eigenvalue weighted by Gasteiger charge is 2.42. The largest absolute Gasteiger partial charge is 0.481 e. The van der Waals surface area contributed by atoms with Crippen LogP contribution in [-0.4, -0.2) is 36.2 Å². The standard InChI is InChI=1S/C18H27NO4/c1-22-12-15-8-7-14(23-15)9-19-10-16(17(11-19)18(20)21)13-5-3-2-4-6-13/h7-8,13,16-17H,2-6,9-12H2,1H3,(H,20,21)/t16-,17+/m1/s1. The number of carboxylic acid groups (broad SMARTS) is 1. The van der Waals surface area contributed by atoms with Crippen LogP contribution in [0.25, 0.3) is 0 Å². The number of rotatable bonds is 6. The third-order valence-electron chi connectivity index (χ3n) is 5.40. The number of nitrogens with zero attached hydrogens (tertiary/aromatic N) is 1. The number of hydrogen-bond donors (Lipinski definition) is 1. The van der Waals surface area contributed by atoms with E-state index in [1.807, 2.05) is 12.1 Å². The first kappa shape index (κ1) is 16.5. The maximum Gasteiger partial charge on any atom is 0.308 e. The molecule has 0 radical (unpaired) electrons. The summed E-state index contributed by atoms with van der Waals surface area (Å²) >= 11 is 0. The van der Waals surface area contributed by atoms with Crippen LogP contribution < -0.4 is 0 Å². The smallest absolute Gasteiger partial charge is 0.308 e. The molecule has 0 spiro atoms. The van der Waals surface area contributed by atoms with E-state index in [9.17, 15) is 9.90 Å². The van der Waals surface area contributed by atoms with E-state index in [1.165, 1.54) is 32.1 Å². The summed E-state index contributed by atoms with van der Waals surface area (Å²) in [7, 11) is 1.65. The van der Waals surface area contributed by atoms with E-state index in [0.717, 1.165) is 18.1 Å².